The number of aromatic nitrogens is 2. The molecule has 21 heavy (non-hydrogen) atoms. The van der Waals surface area contributed by atoms with Gasteiger partial charge in [-0.15, -0.1) is 0 Å². The van der Waals surface area contributed by atoms with Crippen LogP contribution in [-0.4, -0.2) is 29.3 Å². The molecule has 0 amide bonds. The number of halogens is 2. The minimum absolute atomic E-state index is 0.236. The Hall–Kier alpha value is -1.53. The standard InChI is InChI=1S/C15H21F2N3O/c1-15(2,3)14-19-12-8-10(16)11(17)9-13(12)20(14)5-7-21-6-4-18/h8-9H,4-7,18H2,1-3H3. The van der Waals surface area contributed by atoms with Crippen molar-refractivity contribution in [2.24, 2.45) is 5.73 Å². The lowest BCUT2D eigenvalue weighted by atomic mass is 9.95. The van der Waals surface area contributed by atoms with E-state index in [9.17, 15) is 8.78 Å². The van der Waals surface area contributed by atoms with Gasteiger partial charge in [0, 0.05) is 30.6 Å². The topological polar surface area (TPSA) is 53.1 Å². The van der Waals surface area contributed by atoms with Gasteiger partial charge in [-0.05, 0) is 0 Å². The van der Waals surface area contributed by atoms with Crippen LogP contribution in [0, 0.1) is 11.6 Å². The molecule has 0 saturated carbocycles. The summed E-state index contributed by atoms with van der Waals surface area (Å²) in [5.74, 6) is -0.974. The van der Waals surface area contributed by atoms with E-state index in [1.54, 1.807) is 0 Å². The molecule has 4 nitrogen and oxygen atoms in total. The summed E-state index contributed by atoms with van der Waals surface area (Å²) in [5.41, 5.74) is 6.18. The van der Waals surface area contributed by atoms with Gasteiger partial charge in [-0.1, -0.05) is 20.8 Å². The fourth-order valence-corrected chi connectivity index (χ4v) is 2.26. The summed E-state index contributed by atoms with van der Waals surface area (Å²) in [6.45, 7) is 7.94. The Kier molecular flexibility index (Phi) is 4.58. The SMILES string of the molecule is CC(C)(C)c1nc2cc(F)c(F)cc2n1CCOCCN. The minimum Gasteiger partial charge on any atom is -0.378 e. The van der Waals surface area contributed by atoms with E-state index in [1.165, 1.54) is 6.07 Å². The molecule has 6 heteroatoms. The van der Waals surface area contributed by atoms with E-state index < -0.39 is 11.6 Å². The van der Waals surface area contributed by atoms with Crippen molar-refractivity contribution in [1.29, 1.82) is 0 Å². The third kappa shape index (κ3) is 3.39. The molecule has 0 spiro atoms. The summed E-state index contributed by atoms with van der Waals surface area (Å²) in [4.78, 5) is 4.46. The molecule has 0 saturated heterocycles. The van der Waals surface area contributed by atoms with Gasteiger partial charge in [0.05, 0.1) is 24.2 Å². The number of benzene rings is 1. The predicted octanol–water partition coefficient (Wildman–Crippen LogP) is 2.59. The lowest BCUT2D eigenvalue weighted by Crippen LogP contribution is -2.21. The summed E-state index contributed by atoms with van der Waals surface area (Å²) in [6, 6.07) is 2.33. The first-order chi connectivity index (χ1) is 9.84. The third-order valence-electron chi connectivity index (χ3n) is 3.18. The van der Waals surface area contributed by atoms with Gasteiger partial charge < -0.3 is 15.0 Å². The zero-order chi connectivity index (χ0) is 15.6. The molecule has 0 radical (unpaired) electrons. The van der Waals surface area contributed by atoms with Crippen LogP contribution in [0.3, 0.4) is 0 Å². The molecule has 0 unspecified atom stereocenters. The van der Waals surface area contributed by atoms with Crippen LogP contribution in [0.2, 0.25) is 0 Å². The van der Waals surface area contributed by atoms with Crippen LogP contribution < -0.4 is 5.73 Å². The second kappa shape index (κ2) is 6.07. The average Bonchev–Trinajstić information content (AvgIpc) is 2.73. The molecule has 0 atom stereocenters. The maximum absolute atomic E-state index is 13.5. The number of ether oxygens (including phenoxy) is 1. The van der Waals surface area contributed by atoms with Crippen LogP contribution in [0.5, 0.6) is 0 Å². The van der Waals surface area contributed by atoms with Crippen LogP contribution in [-0.2, 0) is 16.7 Å². The van der Waals surface area contributed by atoms with E-state index >= 15 is 0 Å². The highest BCUT2D eigenvalue weighted by molar-refractivity contribution is 5.76. The van der Waals surface area contributed by atoms with E-state index in [2.05, 4.69) is 4.98 Å². The van der Waals surface area contributed by atoms with Gasteiger partial charge >= 0.3 is 0 Å². The third-order valence-corrected chi connectivity index (χ3v) is 3.18. The average molecular weight is 297 g/mol. The van der Waals surface area contributed by atoms with Gasteiger partial charge in [0.25, 0.3) is 0 Å². The fourth-order valence-electron chi connectivity index (χ4n) is 2.26. The molecule has 2 rings (SSSR count). The molecule has 2 aromatic rings. The normalized spacial score (nSPS) is 12.3. The van der Waals surface area contributed by atoms with Crippen LogP contribution in [0.15, 0.2) is 12.1 Å². The maximum atomic E-state index is 13.5. The van der Waals surface area contributed by atoms with Crippen molar-refractivity contribution in [2.75, 3.05) is 19.8 Å². The van der Waals surface area contributed by atoms with Crippen molar-refractivity contribution in [2.45, 2.75) is 32.7 Å². The molecule has 116 valence electrons. The number of rotatable bonds is 5. The second-order valence-corrected chi connectivity index (χ2v) is 5.99. The van der Waals surface area contributed by atoms with E-state index in [0.717, 1.165) is 11.9 Å². The lowest BCUT2D eigenvalue weighted by molar-refractivity contribution is 0.133. The smallest absolute Gasteiger partial charge is 0.161 e. The van der Waals surface area contributed by atoms with Crippen molar-refractivity contribution < 1.29 is 13.5 Å². The molecular formula is C15H21F2N3O. The van der Waals surface area contributed by atoms with Crippen LogP contribution in [0.25, 0.3) is 11.0 Å². The maximum Gasteiger partial charge on any atom is 0.161 e. The highest BCUT2D eigenvalue weighted by atomic mass is 19.2. The van der Waals surface area contributed by atoms with E-state index in [-0.39, 0.29) is 5.41 Å². The van der Waals surface area contributed by atoms with Gasteiger partial charge in [0.15, 0.2) is 11.6 Å². The van der Waals surface area contributed by atoms with Gasteiger partial charge in [-0.3, -0.25) is 0 Å². The molecule has 1 aromatic heterocycles. The first kappa shape index (κ1) is 15.9. The molecule has 1 heterocycles. The summed E-state index contributed by atoms with van der Waals surface area (Å²) in [6.07, 6.45) is 0. The Labute approximate surface area is 122 Å². The Bertz CT molecular complexity index is 632. The summed E-state index contributed by atoms with van der Waals surface area (Å²) >= 11 is 0. The highest BCUT2D eigenvalue weighted by Crippen LogP contribution is 2.27. The minimum atomic E-state index is -0.882. The van der Waals surface area contributed by atoms with Gasteiger partial charge in [0.1, 0.15) is 5.82 Å². The first-order valence-corrected chi connectivity index (χ1v) is 6.98. The van der Waals surface area contributed by atoms with E-state index in [1.807, 2.05) is 25.3 Å². The number of imidazole rings is 1. The van der Waals surface area contributed by atoms with Crippen molar-refractivity contribution in [3.8, 4) is 0 Å². The second-order valence-electron chi connectivity index (χ2n) is 5.99. The number of fused-ring (bicyclic) bond motifs is 1. The van der Waals surface area contributed by atoms with Crippen LogP contribution in [0.4, 0.5) is 8.78 Å². The molecule has 2 N–H and O–H groups in total. The quantitative estimate of drug-likeness (QED) is 0.863. The summed E-state index contributed by atoms with van der Waals surface area (Å²) in [7, 11) is 0. The van der Waals surface area contributed by atoms with E-state index in [0.29, 0.717) is 37.3 Å². The first-order valence-electron chi connectivity index (χ1n) is 6.98. The number of nitrogens with zero attached hydrogens (tertiary/aromatic N) is 2. The molecule has 0 aliphatic heterocycles. The van der Waals surface area contributed by atoms with Crippen molar-refractivity contribution in [3.05, 3.63) is 29.6 Å². The van der Waals surface area contributed by atoms with E-state index in [4.69, 9.17) is 10.5 Å². The Morgan fingerprint density at radius 1 is 1.19 bits per heavy atom. The number of hydrogen-bond acceptors (Lipinski definition) is 3. The number of hydrogen-bond donors (Lipinski definition) is 1. The monoisotopic (exact) mass is 297 g/mol. The van der Waals surface area contributed by atoms with Crippen LogP contribution >= 0.6 is 0 Å². The Morgan fingerprint density at radius 3 is 2.48 bits per heavy atom. The number of nitrogens with two attached hydrogens (primary N) is 1. The summed E-state index contributed by atoms with van der Waals surface area (Å²) < 4.78 is 34.2. The van der Waals surface area contributed by atoms with Crippen molar-refractivity contribution in [3.63, 3.8) is 0 Å². The fraction of sp³-hybridized carbons (Fsp3) is 0.533. The summed E-state index contributed by atoms with van der Waals surface area (Å²) in [5, 5.41) is 0. The molecule has 0 aliphatic carbocycles. The van der Waals surface area contributed by atoms with Gasteiger partial charge in [0.2, 0.25) is 0 Å². The van der Waals surface area contributed by atoms with Crippen LogP contribution in [0.1, 0.15) is 26.6 Å². The predicted molar refractivity (Wildman–Crippen MR) is 78.2 cm³/mol. The molecule has 0 bridgehead atoms. The molecule has 0 aliphatic rings. The molecular weight excluding hydrogens is 276 g/mol. The zero-order valence-corrected chi connectivity index (χ0v) is 12.6. The highest BCUT2D eigenvalue weighted by Gasteiger charge is 2.23. The van der Waals surface area contributed by atoms with Gasteiger partial charge in [-0.25, -0.2) is 13.8 Å². The van der Waals surface area contributed by atoms with Crippen molar-refractivity contribution in [1.82, 2.24) is 9.55 Å². The largest absolute Gasteiger partial charge is 0.378 e. The lowest BCUT2D eigenvalue weighted by Gasteiger charge is -2.20. The van der Waals surface area contributed by atoms with Gasteiger partial charge in [-0.2, -0.15) is 0 Å². The molecule has 0 fully saturated rings. The van der Waals surface area contributed by atoms with Crippen molar-refractivity contribution >= 4 is 11.0 Å². The Morgan fingerprint density at radius 2 is 1.86 bits per heavy atom. The molecule has 1 aromatic carbocycles. The Balaban J connectivity index is 2.44. The zero-order valence-electron chi connectivity index (χ0n) is 12.6.